The van der Waals surface area contributed by atoms with Gasteiger partial charge in [0.2, 0.25) is 0 Å². The number of hydrogen-bond donors (Lipinski definition) is 0. The fraction of sp³-hybridized carbons (Fsp3) is 0.571. The van der Waals surface area contributed by atoms with Crippen molar-refractivity contribution in [3.05, 3.63) is 35.6 Å². The van der Waals surface area contributed by atoms with E-state index in [1.54, 1.807) is 12.1 Å². The molecule has 1 heterocycles. The molecule has 1 unspecified atom stereocenters. The number of halogens is 2. The molecule has 1 saturated heterocycles. The smallest absolute Gasteiger partial charge is 0.123 e. The quantitative estimate of drug-likeness (QED) is 0.742. The molecule has 1 aliphatic heterocycles. The normalized spacial score (nSPS) is 20.4. The van der Waals surface area contributed by atoms with Crippen LogP contribution >= 0.6 is 11.6 Å². The summed E-state index contributed by atoms with van der Waals surface area (Å²) in [5, 5.41) is -0.0380. The average molecular weight is 256 g/mol. The molecule has 94 valence electrons. The van der Waals surface area contributed by atoms with E-state index < -0.39 is 0 Å². The molecular formula is C14H19ClFN. The molecule has 1 atom stereocenters. The topological polar surface area (TPSA) is 3.24 Å². The van der Waals surface area contributed by atoms with Crippen molar-refractivity contribution in [3.8, 4) is 0 Å². The Morgan fingerprint density at radius 3 is 2.47 bits per heavy atom. The third-order valence-electron chi connectivity index (χ3n) is 3.53. The fourth-order valence-electron chi connectivity index (χ4n) is 2.25. The highest BCUT2D eigenvalue weighted by molar-refractivity contribution is 6.21. The van der Waals surface area contributed by atoms with Gasteiger partial charge in [-0.3, -0.25) is 0 Å². The minimum absolute atomic E-state index is 0.0380. The lowest BCUT2D eigenvalue weighted by atomic mass is 9.99. The van der Waals surface area contributed by atoms with Crippen LogP contribution in [-0.2, 0) is 0 Å². The second-order valence-corrected chi connectivity index (χ2v) is 5.53. The van der Waals surface area contributed by atoms with E-state index in [0.29, 0.717) is 0 Å². The van der Waals surface area contributed by atoms with Crippen molar-refractivity contribution >= 4 is 11.6 Å². The SMILES string of the molecule is CC1CCN(CC(Cl)c2ccc(F)cc2)CC1. The Bertz CT molecular complexity index is 344. The number of alkyl halides is 1. The van der Waals surface area contributed by atoms with Crippen molar-refractivity contribution in [2.45, 2.75) is 25.1 Å². The standard InChI is InChI=1S/C14H19ClFN/c1-11-6-8-17(9-7-11)10-14(15)12-2-4-13(16)5-3-12/h2-5,11,14H,6-10H2,1H3. The van der Waals surface area contributed by atoms with Gasteiger partial charge in [0.25, 0.3) is 0 Å². The van der Waals surface area contributed by atoms with E-state index in [0.717, 1.165) is 31.1 Å². The lowest BCUT2D eigenvalue weighted by Crippen LogP contribution is -2.35. The maximum atomic E-state index is 12.8. The monoisotopic (exact) mass is 255 g/mol. The van der Waals surface area contributed by atoms with E-state index in [2.05, 4.69) is 11.8 Å². The molecule has 1 fully saturated rings. The molecule has 17 heavy (non-hydrogen) atoms. The molecular weight excluding hydrogens is 237 g/mol. The van der Waals surface area contributed by atoms with Gasteiger partial charge in [-0.2, -0.15) is 0 Å². The van der Waals surface area contributed by atoms with Crippen molar-refractivity contribution in [3.63, 3.8) is 0 Å². The minimum atomic E-state index is -0.204. The van der Waals surface area contributed by atoms with Gasteiger partial charge in [0.15, 0.2) is 0 Å². The molecule has 1 aromatic carbocycles. The zero-order chi connectivity index (χ0) is 12.3. The number of nitrogens with zero attached hydrogens (tertiary/aromatic N) is 1. The summed E-state index contributed by atoms with van der Waals surface area (Å²) in [5.41, 5.74) is 1.01. The fourth-order valence-corrected chi connectivity index (χ4v) is 2.59. The molecule has 3 heteroatoms. The zero-order valence-corrected chi connectivity index (χ0v) is 11.0. The zero-order valence-electron chi connectivity index (χ0n) is 10.2. The number of piperidine rings is 1. The predicted octanol–water partition coefficient (Wildman–Crippen LogP) is 3.84. The van der Waals surface area contributed by atoms with Crippen LogP contribution in [0.4, 0.5) is 4.39 Å². The Kier molecular flexibility index (Phi) is 4.41. The molecule has 2 rings (SSSR count). The maximum absolute atomic E-state index is 12.8. The third kappa shape index (κ3) is 3.68. The first-order chi connectivity index (χ1) is 8.15. The van der Waals surface area contributed by atoms with Crippen molar-refractivity contribution < 1.29 is 4.39 Å². The molecule has 1 aliphatic rings. The molecule has 0 aliphatic carbocycles. The summed E-state index contributed by atoms with van der Waals surface area (Å²) in [6, 6.07) is 6.51. The number of likely N-dealkylation sites (tertiary alicyclic amines) is 1. The van der Waals surface area contributed by atoms with Gasteiger partial charge >= 0.3 is 0 Å². The van der Waals surface area contributed by atoms with Gasteiger partial charge in [0, 0.05) is 6.54 Å². The molecule has 1 aromatic rings. The molecule has 0 spiro atoms. The number of hydrogen-bond acceptors (Lipinski definition) is 1. The van der Waals surface area contributed by atoms with Crippen molar-refractivity contribution in [1.82, 2.24) is 4.90 Å². The van der Waals surface area contributed by atoms with Crippen LogP contribution < -0.4 is 0 Å². The summed E-state index contributed by atoms with van der Waals surface area (Å²) in [6.07, 6.45) is 2.51. The molecule has 0 aromatic heterocycles. The summed E-state index contributed by atoms with van der Waals surface area (Å²) in [6.45, 7) is 5.42. The maximum Gasteiger partial charge on any atom is 0.123 e. The van der Waals surface area contributed by atoms with Crippen molar-refractivity contribution in [2.75, 3.05) is 19.6 Å². The van der Waals surface area contributed by atoms with Crippen molar-refractivity contribution in [2.24, 2.45) is 5.92 Å². The summed E-state index contributed by atoms with van der Waals surface area (Å²) in [4.78, 5) is 2.40. The molecule has 0 amide bonds. The molecule has 0 radical (unpaired) electrons. The number of benzene rings is 1. The van der Waals surface area contributed by atoms with E-state index in [1.807, 2.05) is 0 Å². The highest BCUT2D eigenvalue weighted by atomic mass is 35.5. The van der Waals surface area contributed by atoms with Gasteiger partial charge < -0.3 is 4.90 Å². The first-order valence-electron chi connectivity index (χ1n) is 6.27. The van der Waals surface area contributed by atoms with Gasteiger partial charge in [-0.15, -0.1) is 11.6 Å². The number of rotatable bonds is 3. The van der Waals surface area contributed by atoms with E-state index in [4.69, 9.17) is 11.6 Å². The molecule has 0 bridgehead atoms. The lowest BCUT2D eigenvalue weighted by Gasteiger charge is -2.31. The van der Waals surface area contributed by atoms with Gasteiger partial charge in [0.05, 0.1) is 5.38 Å². The van der Waals surface area contributed by atoms with Crippen LogP contribution in [0.5, 0.6) is 0 Å². The summed E-state index contributed by atoms with van der Waals surface area (Å²) in [5.74, 6) is 0.635. The van der Waals surface area contributed by atoms with Crippen LogP contribution in [0.3, 0.4) is 0 Å². The first-order valence-corrected chi connectivity index (χ1v) is 6.70. The Hall–Kier alpha value is -0.600. The second-order valence-electron chi connectivity index (χ2n) is 5.00. The Morgan fingerprint density at radius 1 is 1.29 bits per heavy atom. The van der Waals surface area contributed by atoms with Gasteiger partial charge in [0.1, 0.15) is 5.82 Å². The first kappa shape index (κ1) is 12.8. The highest BCUT2D eigenvalue weighted by Gasteiger charge is 2.19. The third-order valence-corrected chi connectivity index (χ3v) is 3.92. The minimum Gasteiger partial charge on any atom is -0.302 e. The van der Waals surface area contributed by atoms with Gasteiger partial charge in [-0.1, -0.05) is 19.1 Å². The van der Waals surface area contributed by atoms with E-state index in [9.17, 15) is 4.39 Å². The predicted molar refractivity (Wildman–Crippen MR) is 69.8 cm³/mol. The van der Waals surface area contributed by atoms with Crippen molar-refractivity contribution in [1.29, 1.82) is 0 Å². The van der Waals surface area contributed by atoms with Crippen LogP contribution in [0.1, 0.15) is 30.7 Å². The highest BCUT2D eigenvalue weighted by Crippen LogP contribution is 2.24. The summed E-state index contributed by atoms with van der Waals surface area (Å²) in [7, 11) is 0. The molecule has 0 saturated carbocycles. The van der Waals surface area contributed by atoms with Crippen LogP contribution in [0.15, 0.2) is 24.3 Å². The average Bonchev–Trinajstić information content (AvgIpc) is 2.33. The van der Waals surface area contributed by atoms with Gasteiger partial charge in [-0.25, -0.2) is 4.39 Å². The van der Waals surface area contributed by atoms with Gasteiger partial charge in [-0.05, 0) is 49.5 Å². The van der Waals surface area contributed by atoms with Crippen LogP contribution in [-0.4, -0.2) is 24.5 Å². The Morgan fingerprint density at radius 2 is 1.88 bits per heavy atom. The van der Waals surface area contributed by atoms with E-state index in [-0.39, 0.29) is 11.2 Å². The summed E-state index contributed by atoms with van der Waals surface area (Å²) < 4.78 is 12.8. The van der Waals surface area contributed by atoms with Crippen LogP contribution in [0, 0.1) is 11.7 Å². The summed E-state index contributed by atoms with van der Waals surface area (Å²) >= 11 is 6.36. The largest absolute Gasteiger partial charge is 0.302 e. The van der Waals surface area contributed by atoms with Crippen LogP contribution in [0.2, 0.25) is 0 Å². The lowest BCUT2D eigenvalue weighted by molar-refractivity contribution is 0.192. The van der Waals surface area contributed by atoms with E-state index in [1.165, 1.54) is 25.0 Å². The molecule has 1 nitrogen and oxygen atoms in total. The molecule has 0 N–H and O–H groups in total. The Labute approximate surface area is 108 Å². The van der Waals surface area contributed by atoms with Crippen LogP contribution in [0.25, 0.3) is 0 Å². The second kappa shape index (κ2) is 5.83. The Balaban J connectivity index is 1.88. The van der Waals surface area contributed by atoms with E-state index >= 15 is 0 Å².